The number of rotatable bonds is 8. The van der Waals surface area contributed by atoms with Crippen molar-refractivity contribution in [3.63, 3.8) is 0 Å². The smallest absolute Gasteiger partial charge is 0.261 e. The topological polar surface area (TPSA) is 113 Å². The summed E-state index contributed by atoms with van der Waals surface area (Å²) in [5.74, 6) is -0.680. The Kier molecular flexibility index (Phi) is 8.46. The molecule has 0 bridgehead atoms. The van der Waals surface area contributed by atoms with E-state index in [1.807, 2.05) is 0 Å². The van der Waals surface area contributed by atoms with Gasteiger partial charge in [-0.15, -0.1) is 0 Å². The van der Waals surface area contributed by atoms with Crippen molar-refractivity contribution in [1.82, 2.24) is 0 Å². The molecule has 0 aliphatic rings. The van der Waals surface area contributed by atoms with Crippen molar-refractivity contribution < 1.29 is 21.6 Å². The van der Waals surface area contributed by atoms with Crippen LogP contribution in [-0.2, 0) is 24.8 Å². The zero-order valence-corrected chi connectivity index (χ0v) is 22.5. The van der Waals surface area contributed by atoms with Gasteiger partial charge in [-0.2, -0.15) is 0 Å². The lowest BCUT2D eigenvalue weighted by Gasteiger charge is -2.23. The number of hydrogen-bond donors (Lipinski definition) is 2. The Morgan fingerprint density at radius 3 is 2.14 bits per heavy atom. The molecule has 1 amide bonds. The van der Waals surface area contributed by atoms with Crippen LogP contribution >= 0.6 is 46.4 Å². The summed E-state index contributed by atoms with van der Waals surface area (Å²) in [6.45, 7) is -0.574. The van der Waals surface area contributed by atoms with E-state index in [-0.39, 0.29) is 37.0 Å². The summed E-state index contributed by atoms with van der Waals surface area (Å²) in [6, 6.07) is 14.0. The van der Waals surface area contributed by atoms with Crippen molar-refractivity contribution in [1.29, 1.82) is 0 Å². The molecule has 0 spiro atoms. The molecule has 8 nitrogen and oxygen atoms in total. The molecule has 35 heavy (non-hydrogen) atoms. The Bertz CT molecular complexity index is 1480. The molecule has 14 heteroatoms. The lowest BCUT2D eigenvalue weighted by atomic mass is 10.3. The fraction of sp³-hybridized carbons (Fsp3) is 0.0952. The minimum atomic E-state index is -4.00. The molecule has 186 valence electrons. The standard InChI is InChI=1S/C21H17Cl4N3O5S2/c1-34(30,31)28(19-10-5-13(22)11-17(19)24)12-20(29)26-14-6-8-15(9-7-14)35(32,33)27-18-4-2-3-16(23)21(18)25/h2-11,27H,12H2,1H3,(H,26,29). The Labute approximate surface area is 222 Å². The van der Waals surface area contributed by atoms with Gasteiger partial charge in [0.15, 0.2) is 0 Å². The number of amides is 1. The third-order valence-electron chi connectivity index (χ3n) is 4.51. The number of hydrogen-bond acceptors (Lipinski definition) is 5. The number of nitrogens with zero attached hydrogens (tertiary/aromatic N) is 1. The van der Waals surface area contributed by atoms with Crippen LogP contribution in [0.3, 0.4) is 0 Å². The quantitative estimate of drug-likeness (QED) is 0.356. The highest BCUT2D eigenvalue weighted by Gasteiger charge is 2.23. The van der Waals surface area contributed by atoms with E-state index >= 15 is 0 Å². The second kappa shape index (κ2) is 10.8. The average Bonchev–Trinajstić information content (AvgIpc) is 2.75. The molecule has 3 rings (SSSR count). The summed E-state index contributed by atoms with van der Waals surface area (Å²) in [7, 11) is -7.87. The first-order valence-corrected chi connectivity index (χ1v) is 14.4. The van der Waals surface area contributed by atoms with Crippen LogP contribution in [0, 0.1) is 0 Å². The Morgan fingerprint density at radius 2 is 1.54 bits per heavy atom. The highest BCUT2D eigenvalue weighted by Crippen LogP contribution is 2.32. The number of nitrogens with one attached hydrogen (secondary N) is 2. The predicted molar refractivity (Wildman–Crippen MR) is 141 cm³/mol. The molecular weight excluding hydrogens is 580 g/mol. The first kappa shape index (κ1) is 27.4. The molecule has 3 aromatic carbocycles. The first-order valence-electron chi connectivity index (χ1n) is 9.57. The van der Waals surface area contributed by atoms with Gasteiger partial charge in [0.25, 0.3) is 10.0 Å². The van der Waals surface area contributed by atoms with E-state index in [1.165, 1.54) is 54.6 Å². The largest absolute Gasteiger partial charge is 0.325 e. The molecule has 2 N–H and O–H groups in total. The van der Waals surface area contributed by atoms with Gasteiger partial charge in [0.05, 0.1) is 37.6 Å². The van der Waals surface area contributed by atoms with Gasteiger partial charge in [0, 0.05) is 10.7 Å². The van der Waals surface area contributed by atoms with Gasteiger partial charge >= 0.3 is 0 Å². The fourth-order valence-electron chi connectivity index (χ4n) is 2.90. The first-order chi connectivity index (χ1) is 16.3. The molecule has 0 aliphatic heterocycles. The van der Waals surface area contributed by atoms with Crippen LogP contribution in [0.25, 0.3) is 0 Å². The molecular formula is C21H17Cl4N3O5S2. The van der Waals surface area contributed by atoms with Gasteiger partial charge in [0.1, 0.15) is 6.54 Å². The highest BCUT2D eigenvalue weighted by molar-refractivity contribution is 7.92. The van der Waals surface area contributed by atoms with Crippen molar-refractivity contribution in [2.45, 2.75) is 4.90 Å². The van der Waals surface area contributed by atoms with E-state index in [0.29, 0.717) is 5.02 Å². The number of benzene rings is 3. The summed E-state index contributed by atoms with van der Waals surface area (Å²) in [4.78, 5) is 12.5. The van der Waals surface area contributed by atoms with E-state index in [2.05, 4.69) is 10.0 Å². The molecule has 0 aliphatic carbocycles. The van der Waals surface area contributed by atoms with Crippen LogP contribution in [0.15, 0.2) is 65.6 Å². The lowest BCUT2D eigenvalue weighted by Crippen LogP contribution is -2.37. The molecule has 0 aromatic heterocycles. The van der Waals surface area contributed by atoms with Gasteiger partial charge in [-0.05, 0) is 54.6 Å². The van der Waals surface area contributed by atoms with Crippen LogP contribution in [0.1, 0.15) is 0 Å². The molecule has 0 unspecified atom stereocenters. The molecule has 0 atom stereocenters. The Morgan fingerprint density at radius 1 is 0.886 bits per heavy atom. The number of carbonyl (C=O) groups excluding carboxylic acids is 1. The monoisotopic (exact) mass is 595 g/mol. The van der Waals surface area contributed by atoms with Crippen LogP contribution in [0.4, 0.5) is 17.1 Å². The van der Waals surface area contributed by atoms with Crippen molar-refractivity contribution in [2.75, 3.05) is 27.1 Å². The molecule has 0 heterocycles. The summed E-state index contributed by atoms with van der Waals surface area (Å²) in [5.41, 5.74) is 0.435. The van der Waals surface area contributed by atoms with E-state index in [0.717, 1.165) is 10.6 Å². The van der Waals surface area contributed by atoms with Crippen molar-refractivity contribution in [3.8, 4) is 0 Å². The maximum atomic E-state index is 12.7. The van der Waals surface area contributed by atoms with Crippen LogP contribution in [0.2, 0.25) is 20.1 Å². The second-order valence-electron chi connectivity index (χ2n) is 7.14. The van der Waals surface area contributed by atoms with Crippen LogP contribution in [-0.4, -0.2) is 35.5 Å². The SMILES string of the molecule is CS(=O)(=O)N(CC(=O)Nc1ccc(S(=O)(=O)Nc2cccc(Cl)c2Cl)cc1)c1ccc(Cl)cc1Cl. The molecule has 3 aromatic rings. The van der Waals surface area contributed by atoms with E-state index in [9.17, 15) is 21.6 Å². The van der Waals surface area contributed by atoms with Gasteiger partial charge in [-0.1, -0.05) is 52.5 Å². The number of carbonyl (C=O) groups is 1. The van der Waals surface area contributed by atoms with E-state index in [4.69, 9.17) is 46.4 Å². The lowest BCUT2D eigenvalue weighted by molar-refractivity contribution is -0.114. The molecule has 0 saturated heterocycles. The summed E-state index contributed by atoms with van der Waals surface area (Å²) in [6.07, 6.45) is 0.935. The molecule has 0 radical (unpaired) electrons. The number of sulfonamides is 2. The van der Waals surface area contributed by atoms with E-state index < -0.39 is 32.5 Å². The highest BCUT2D eigenvalue weighted by atomic mass is 35.5. The third-order valence-corrected chi connectivity index (χ3v) is 8.37. The van der Waals surface area contributed by atoms with Gasteiger partial charge in [-0.25, -0.2) is 16.8 Å². The number of anilines is 3. The van der Waals surface area contributed by atoms with Crippen LogP contribution in [0.5, 0.6) is 0 Å². The maximum absolute atomic E-state index is 12.7. The number of halogens is 4. The fourth-order valence-corrected chi connectivity index (χ4v) is 5.80. The van der Waals surface area contributed by atoms with Crippen molar-refractivity contribution >= 4 is 89.4 Å². The Hall–Kier alpha value is -2.21. The normalized spacial score (nSPS) is 11.7. The van der Waals surface area contributed by atoms with Crippen molar-refractivity contribution in [3.05, 3.63) is 80.8 Å². The zero-order chi connectivity index (χ0) is 26.0. The predicted octanol–water partition coefficient (Wildman–Crippen LogP) is 5.51. The summed E-state index contributed by atoms with van der Waals surface area (Å²) < 4.78 is 53.1. The Balaban J connectivity index is 1.75. The van der Waals surface area contributed by atoms with E-state index in [1.54, 1.807) is 6.07 Å². The average molecular weight is 597 g/mol. The molecule has 0 saturated carbocycles. The van der Waals surface area contributed by atoms with Gasteiger partial charge in [-0.3, -0.25) is 13.8 Å². The van der Waals surface area contributed by atoms with Crippen molar-refractivity contribution in [2.24, 2.45) is 0 Å². The second-order valence-corrected chi connectivity index (χ2v) is 12.4. The van der Waals surface area contributed by atoms with Crippen LogP contribution < -0.4 is 14.3 Å². The van der Waals surface area contributed by atoms with Gasteiger partial charge < -0.3 is 5.32 Å². The summed E-state index contributed by atoms with van der Waals surface area (Å²) in [5, 5.41) is 3.12. The zero-order valence-electron chi connectivity index (χ0n) is 17.8. The minimum absolute atomic E-state index is 0.0533. The third kappa shape index (κ3) is 6.93. The maximum Gasteiger partial charge on any atom is 0.261 e. The minimum Gasteiger partial charge on any atom is -0.325 e. The summed E-state index contributed by atoms with van der Waals surface area (Å²) >= 11 is 23.9. The van der Waals surface area contributed by atoms with Gasteiger partial charge in [0.2, 0.25) is 15.9 Å². The molecule has 0 fully saturated rings.